The molecular formula is C7H16N2O. The molecule has 1 atom stereocenters. The van der Waals surface area contributed by atoms with E-state index in [1.54, 1.807) is 14.1 Å². The van der Waals surface area contributed by atoms with Crippen LogP contribution in [0.5, 0.6) is 0 Å². The molecule has 60 valence electrons. The van der Waals surface area contributed by atoms with E-state index in [1.165, 1.54) is 4.90 Å². The monoisotopic (exact) mass is 144 g/mol. The Morgan fingerprint density at radius 2 is 2.10 bits per heavy atom. The van der Waals surface area contributed by atoms with Crippen molar-refractivity contribution in [3.63, 3.8) is 0 Å². The lowest BCUT2D eigenvalue weighted by Gasteiger charge is -2.15. The summed E-state index contributed by atoms with van der Waals surface area (Å²) in [5.41, 5.74) is 5.54. The lowest BCUT2D eigenvalue weighted by atomic mass is 10.1. The van der Waals surface area contributed by atoms with Gasteiger partial charge in [-0.2, -0.15) is 0 Å². The zero-order valence-electron chi connectivity index (χ0n) is 6.92. The third kappa shape index (κ3) is 2.82. The number of likely N-dealkylation sites (N-methyl/N-ethyl adjacent to an activating group) is 1. The van der Waals surface area contributed by atoms with Crippen molar-refractivity contribution in [1.82, 2.24) is 4.90 Å². The number of carbonyl (C=O) groups excluding carboxylic acids is 1. The van der Waals surface area contributed by atoms with E-state index in [-0.39, 0.29) is 11.9 Å². The minimum absolute atomic E-state index is 0.0156. The maximum absolute atomic E-state index is 11.0. The SMILES string of the molecule is CCC[C@@H](N)C(=O)N(C)C. The molecule has 0 aromatic heterocycles. The first-order valence-electron chi connectivity index (χ1n) is 3.56. The third-order valence-corrected chi connectivity index (χ3v) is 1.36. The normalized spacial score (nSPS) is 12.8. The molecule has 0 unspecified atom stereocenters. The van der Waals surface area contributed by atoms with Gasteiger partial charge < -0.3 is 10.6 Å². The Morgan fingerprint density at radius 1 is 1.60 bits per heavy atom. The van der Waals surface area contributed by atoms with Crippen LogP contribution in [0.2, 0.25) is 0 Å². The molecule has 0 aliphatic heterocycles. The predicted molar refractivity (Wildman–Crippen MR) is 41.6 cm³/mol. The average Bonchev–Trinajstić information content (AvgIpc) is 1.87. The van der Waals surface area contributed by atoms with Crippen molar-refractivity contribution in [3.8, 4) is 0 Å². The summed E-state index contributed by atoms with van der Waals surface area (Å²) in [5.74, 6) is 0.0156. The molecule has 0 aliphatic rings. The van der Waals surface area contributed by atoms with Crippen molar-refractivity contribution in [2.24, 2.45) is 5.73 Å². The first kappa shape index (κ1) is 9.43. The Kier molecular flexibility index (Phi) is 4.03. The van der Waals surface area contributed by atoms with E-state index in [2.05, 4.69) is 0 Å². The fourth-order valence-corrected chi connectivity index (χ4v) is 0.766. The number of amides is 1. The van der Waals surface area contributed by atoms with Crippen LogP contribution in [0.3, 0.4) is 0 Å². The van der Waals surface area contributed by atoms with Crippen LogP contribution in [-0.4, -0.2) is 30.9 Å². The topological polar surface area (TPSA) is 46.3 Å². The zero-order valence-corrected chi connectivity index (χ0v) is 6.92. The highest BCUT2D eigenvalue weighted by Crippen LogP contribution is 1.95. The Hall–Kier alpha value is -0.570. The molecule has 0 aromatic carbocycles. The van der Waals surface area contributed by atoms with Crippen LogP contribution in [0.25, 0.3) is 0 Å². The van der Waals surface area contributed by atoms with Crippen LogP contribution < -0.4 is 5.73 Å². The second-order valence-electron chi connectivity index (χ2n) is 2.63. The highest BCUT2D eigenvalue weighted by atomic mass is 16.2. The standard InChI is InChI=1S/C7H16N2O/c1-4-5-6(8)7(10)9(2)3/h6H,4-5,8H2,1-3H3/t6-/m1/s1. The fourth-order valence-electron chi connectivity index (χ4n) is 0.766. The molecule has 0 radical (unpaired) electrons. The van der Waals surface area contributed by atoms with Gasteiger partial charge >= 0.3 is 0 Å². The molecule has 0 rings (SSSR count). The molecular weight excluding hydrogens is 128 g/mol. The molecule has 0 fully saturated rings. The Bertz CT molecular complexity index is 112. The second kappa shape index (κ2) is 4.28. The lowest BCUT2D eigenvalue weighted by molar-refractivity contribution is -0.130. The molecule has 0 aliphatic carbocycles. The van der Waals surface area contributed by atoms with Gasteiger partial charge in [0, 0.05) is 14.1 Å². The molecule has 0 heterocycles. The molecule has 1 amide bonds. The summed E-state index contributed by atoms with van der Waals surface area (Å²) in [5, 5.41) is 0. The van der Waals surface area contributed by atoms with Gasteiger partial charge in [-0.15, -0.1) is 0 Å². The van der Waals surface area contributed by atoms with E-state index >= 15 is 0 Å². The highest BCUT2D eigenvalue weighted by Gasteiger charge is 2.12. The van der Waals surface area contributed by atoms with E-state index in [1.807, 2.05) is 6.92 Å². The van der Waals surface area contributed by atoms with E-state index in [9.17, 15) is 4.79 Å². The van der Waals surface area contributed by atoms with Gasteiger partial charge in [-0.1, -0.05) is 13.3 Å². The Labute approximate surface area is 62.2 Å². The maximum atomic E-state index is 11.0. The molecule has 10 heavy (non-hydrogen) atoms. The first-order valence-corrected chi connectivity index (χ1v) is 3.56. The fraction of sp³-hybridized carbons (Fsp3) is 0.857. The quantitative estimate of drug-likeness (QED) is 0.615. The number of nitrogens with two attached hydrogens (primary N) is 1. The largest absolute Gasteiger partial charge is 0.347 e. The van der Waals surface area contributed by atoms with Gasteiger partial charge in [-0.3, -0.25) is 4.79 Å². The summed E-state index contributed by atoms with van der Waals surface area (Å²) in [6, 6.07) is -0.306. The van der Waals surface area contributed by atoms with Crippen molar-refractivity contribution in [1.29, 1.82) is 0 Å². The van der Waals surface area contributed by atoms with Gasteiger partial charge in [0.15, 0.2) is 0 Å². The van der Waals surface area contributed by atoms with Gasteiger partial charge in [0.1, 0.15) is 0 Å². The van der Waals surface area contributed by atoms with Crippen molar-refractivity contribution < 1.29 is 4.79 Å². The van der Waals surface area contributed by atoms with Crippen molar-refractivity contribution >= 4 is 5.91 Å². The molecule has 0 saturated carbocycles. The van der Waals surface area contributed by atoms with Crippen LogP contribution >= 0.6 is 0 Å². The second-order valence-corrected chi connectivity index (χ2v) is 2.63. The summed E-state index contributed by atoms with van der Waals surface area (Å²) >= 11 is 0. The maximum Gasteiger partial charge on any atom is 0.238 e. The van der Waals surface area contributed by atoms with E-state index < -0.39 is 0 Å². The molecule has 0 aromatic rings. The number of rotatable bonds is 3. The smallest absolute Gasteiger partial charge is 0.238 e. The van der Waals surface area contributed by atoms with Crippen LogP contribution in [-0.2, 0) is 4.79 Å². The molecule has 2 N–H and O–H groups in total. The number of hydrogen-bond acceptors (Lipinski definition) is 2. The molecule has 3 heteroatoms. The lowest BCUT2D eigenvalue weighted by Crippen LogP contribution is -2.39. The van der Waals surface area contributed by atoms with Crippen molar-refractivity contribution in [2.45, 2.75) is 25.8 Å². The highest BCUT2D eigenvalue weighted by molar-refractivity contribution is 5.80. The van der Waals surface area contributed by atoms with Gasteiger partial charge in [0.05, 0.1) is 6.04 Å². The van der Waals surface area contributed by atoms with E-state index in [0.717, 1.165) is 12.8 Å². The van der Waals surface area contributed by atoms with Crippen LogP contribution in [0, 0.1) is 0 Å². The third-order valence-electron chi connectivity index (χ3n) is 1.36. The molecule has 0 saturated heterocycles. The van der Waals surface area contributed by atoms with Crippen molar-refractivity contribution in [2.75, 3.05) is 14.1 Å². The van der Waals surface area contributed by atoms with Gasteiger partial charge in [0.25, 0.3) is 0 Å². The summed E-state index contributed by atoms with van der Waals surface area (Å²) in [4.78, 5) is 12.6. The Morgan fingerprint density at radius 3 is 2.40 bits per heavy atom. The molecule has 0 bridgehead atoms. The molecule has 3 nitrogen and oxygen atoms in total. The predicted octanol–water partition coefficient (Wildman–Crippen LogP) is 0.202. The minimum atomic E-state index is -0.306. The number of hydrogen-bond donors (Lipinski definition) is 1. The van der Waals surface area contributed by atoms with Gasteiger partial charge in [-0.05, 0) is 6.42 Å². The van der Waals surface area contributed by atoms with Gasteiger partial charge in [-0.25, -0.2) is 0 Å². The van der Waals surface area contributed by atoms with Crippen LogP contribution in [0.1, 0.15) is 19.8 Å². The van der Waals surface area contributed by atoms with Crippen molar-refractivity contribution in [3.05, 3.63) is 0 Å². The summed E-state index contributed by atoms with van der Waals surface area (Å²) in [6.07, 6.45) is 1.73. The summed E-state index contributed by atoms with van der Waals surface area (Å²) < 4.78 is 0. The number of nitrogens with zero attached hydrogens (tertiary/aromatic N) is 1. The Balaban J connectivity index is 3.71. The van der Waals surface area contributed by atoms with E-state index in [4.69, 9.17) is 5.73 Å². The first-order chi connectivity index (χ1) is 4.59. The zero-order chi connectivity index (χ0) is 8.15. The van der Waals surface area contributed by atoms with E-state index in [0.29, 0.717) is 0 Å². The molecule has 0 spiro atoms. The van der Waals surface area contributed by atoms with Crippen LogP contribution in [0.15, 0.2) is 0 Å². The minimum Gasteiger partial charge on any atom is -0.347 e. The summed E-state index contributed by atoms with van der Waals surface area (Å²) in [7, 11) is 3.44. The number of carbonyl (C=O) groups is 1. The van der Waals surface area contributed by atoms with Crippen LogP contribution in [0.4, 0.5) is 0 Å². The average molecular weight is 144 g/mol. The van der Waals surface area contributed by atoms with Gasteiger partial charge in [0.2, 0.25) is 5.91 Å². The summed E-state index contributed by atoms with van der Waals surface area (Å²) in [6.45, 7) is 2.02.